The van der Waals surface area contributed by atoms with Gasteiger partial charge in [-0.3, -0.25) is 0 Å². The lowest BCUT2D eigenvalue weighted by Gasteiger charge is -1.84. The van der Waals surface area contributed by atoms with E-state index >= 15 is 0 Å². The van der Waals surface area contributed by atoms with Crippen molar-refractivity contribution >= 4 is 34.9 Å². The van der Waals surface area contributed by atoms with Gasteiger partial charge >= 0.3 is 0 Å². The van der Waals surface area contributed by atoms with Crippen molar-refractivity contribution in [2.45, 2.75) is 0 Å². The van der Waals surface area contributed by atoms with Gasteiger partial charge in [0.25, 0.3) is 0 Å². The summed E-state index contributed by atoms with van der Waals surface area (Å²) in [4.78, 5) is 0. The lowest BCUT2D eigenvalue weighted by molar-refractivity contribution is 0.856. The van der Waals surface area contributed by atoms with E-state index in [-0.39, 0.29) is 0 Å². The minimum Gasteiger partial charge on any atom is -0.186 e. The van der Waals surface area contributed by atoms with Crippen LogP contribution in [-0.2, 0) is 0 Å². The minimum absolute atomic E-state index is 0.394. The highest BCUT2D eigenvalue weighted by atomic mass is 33.1. The third-order valence-electron chi connectivity index (χ3n) is 0.526. The van der Waals surface area contributed by atoms with Crippen LogP contribution in [0.15, 0.2) is 0 Å². The van der Waals surface area contributed by atoms with Gasteiger partial charge in [-0.2, -0.15) is 9.30 Å². The Morgan fingerprint density at radius 3 is 2.88 bits per heavy atom. The SMILES string of the molecule is S=c1nn[nH]n1SS. The molecule has 8 heavy (non-hydrogen) atoms. The van der Waals surface area contributed by atoms with Gasteiger partial charge in [0, 0.05) is 11.0 Å². The molecule has 1 N–H and O–H groups in total. The lowest BCUT2D eigenvalue weighted by atomic mass is 11.4. The molecule has 0 radical (unpaired) electrons. The highest BCUT2D eigenvalue weighted by Gasteiger charge is 1.88. The minimum atomic E-state index is 0.394. The second-order valence-electron chi connectivity index (χ2n) is 0.959. The lowest BCUT2D eigenvalue weighted by Crippen LogP contribution is -1.83. The molecule has 0 aromatic carbocycles. The predicted molar refractivity (Wildman–Crippen MR) is 37.2 cm³/mol. The summed E-state index contributed by atoms with van der Waals surface area (Å²) in [7, 11) is 1.13. The van der Waals surface area contributed by atoms with Crippen molar-refractivity contribution < 1.29 is 0 Å². The third kappa shape index (κ3) is 1.04. The van der Waals surface area contributed by atoms with Crippen LogP contribution < -0.4 is 0 Å². The van der Waals surface area contributed by atoms with Gasteiger partial charge in [0.05, 0.1) is 0 Å². The molecule has 1 aromatic rings. The van der Waals surface area contributed by atoms with Crippen molar-refractivity contribution in [3.05, 3.63) is 4.77 Å². The van der Waals surface area contributed by atoms with E-state index in [2.05, 4.69) is 39.4 Å². The number of nitrogens with one attached hydrogen (secondary N) is 1. The number of rotatable bonds is 1. The summed E-state index contributed by atoms with van der Waals surface area (Å²) in [5.74, 6) is 0. The predicted octanol–water partition coefficient (Wildman–Crippen LogP) is 0.677. The molecule has 0 atom stereocenters. The number of hydrogen-bond donors (Lipinski definition) is 2. The molecule has 0 spiro atoms. The van der Waals surface area contributed by atoms with Crippen LogP contribution in [0.4, 0.5) is 0 Å². The summed E-state index contributed by atoms with van der Waals surface area (Å²) in [5.41, 5.74) is 0. The molecule has 1 aromatic heterocycles. The zero-order valence-corrected chi connectivity index (χ0v) is 6.13. The second kappa shape index (κ2) is 2.51. The normalized spacial score (nSPS) is 9.62. The first-order valence-electron chi connectivity index (χ1n) is 1.66. The van der Waals surface area contributed by atoms with Crippen molar-refractivity contribution in [3.8, 4) is 0 Å². The Kier molecular flexibility index (Phi) is 1.92. The van der Waals surface area contributed by atoms with E-state index in [1.165, 1.54) is 4.09 Å². The number of thiol groups is 1. The molecule has 0 aliphatic heterocycles. The fourth-order valence-electron chi connectivity index (χ4n) is 0.242. The van der Waals surface area contributed by atoms with Crippen molar-refractivity contribution in [1.29, 1.82) is 0 Å². The Morgan fingerprint density at radius 2 is 2.62 bits per heavy atom. The number of nitrogens with zero attached hydrogens (tertiary/aromatic N) is 3. The quantitative estimate of drug-likeness (QED) is 0.366. The van der Waals surface area contributed by atoms with Gasteiger partial charge in [0.2, 0.25) is 4.77 Å². The van der Waals surface area contributed by atoms with Crippen LogP contribution in [-0.4, -0.2) is 19.6 Å². The standard InChI is InChI=1S/CH2N4S3/c6-1-2-3-4-5(1)8-7/h7H,(H,2,4,6). The zero-order chi connectivity index (χ0) is 5.98. The van der Waals surface area contributed by atoms with Crippen LogP contribution in [0.1, 0.15) is 0 Å². The maximum Gasteiger partial charge on any atom is 0.249 e. The van der Waals surface area contributed by atoms with Gasteiger partial charge < -0.3 is 0 Å². The molecule has 4 nitrogen and oxygen atoms in total. The fraction of sp³-hybridized carbons (Fsp3) is 0. The fourth-order valence-corrected chi connectivity index (χ4v) is 1.12. The van der Waals surface area contributed by atoms with Crippen molar-refractivity contribution in [2.24, 2.45) is 0 Å². The first kappa shape index (κ1) is 6.12. The molecule has 7 heteroatoms. The molecular formula is CH2N4S3. The van der Waals surface area contributed by atoms with Gasteiger partial charge in [-0.15, -0.1) is 0 Å². The molecule has 0 bridgehead atoms. The average Bonchev–Trinajstić information content (AvgIpc) is 2.14. The van der Waals surface area contributed by atoms with Crippen LogP contribution in [0.5, 0.6) is 0 Å². The number of tetrazole rings is 1. The molecule has 0 saturated carbocycles. The Balaban J connectivity index is 3.11. The summed E-state index contributed by atoms with van der Waals surface area (Å²) in [6.45, 7) is 0. The Morgan fingerprint density at radius 1 is 1.88 bits per heavy atom. The summed E-state index contributed by atoms with van der Waals surface area (Å²) in [6.07, 6.45) is 0. The third-order valence-corrected chi connectivity index (χ3v) is 1.81. The molecule has 0 amide bonds. The highest BCUT2D eigenvalue weighted by molar-refractivity contribution is 8.67. The summed E-state index contributed by atoms with van der Waals surface area (Å²) < 4.78 is 1.85. The molecule has 0 aliphatic carbocycles. The van der Waals surface area contributed by atoms with Crippen molar-refractivity contribution in [3.63, 3.8) is 0 Å². The molecule has 1 rings (SSSR count). The maximum atomic E-state index is 4.67. The van der Waals surface area contributed by atoms with E-state index in [9.17, 15) is 0 Å². The topological polar surface area (TPSA) is 46.5 Å². The van der Waals surface area contributed by atoms with E-state index in [1.54, 1.807) is 0 Å². The van der Waals surface area contributed by atoms with Gasteiger partial charge in [0.1, 0.15) is 0 Å². The van der Waals surface area contributed by atoms with Crippen LogP contribution in [0, 0.1) is 4.77 Å². The summed E-state index contributed by atoms with van der Waals surface area (Å²) in [5, 5.41) is 9.39. The van der Waals surface area contributed by atoms with Gasteiger partial charge in [-0.05, 0) is 17.4 Å². The van der Waals surface area contributed by atoms with Gasteiger partial charge in [-0.1, -0.05) is 16.8 Å². The number of aromatic nitrogens is 4. The van der Waals surface area contributed by atoms with E-state index in [4.69, 9.17) is 0 Å². The number of aromatic amines is 1. The van der Waals surface area contributed by atoms with E-state index in [0.717, 1.165) is 11.0 Å². The molecule has 1 heterocycles. The Labute approximate surface area is 59.6 Å². The van der Waals surface area contributed by atoms with Crippen LogP contribution in [0.3, 0.4) is 0 Å². The molecule has 44 valence electrons. The van der Waals surface area contributed by atoms with Gasteiger partial charge in [-0.25, -0.2) is 0 Å². The highest BCUT2D eigenvalue weighted by Crippen LogP contribution is 2.05. The van der Waals surface area contributed by atoms with Crippen molar-refractivity contribution in [2.75, 3.05) is 0 Å². The molecule has 0 fully saturated rings. The molecule has 0 saturated heterocycles. The largest absolute Gasteiger partial charge is 0.249 e. The molecule has 0 aliphatic rings. The number of H-pyrrole nitrogens is 1. The van der Waals surface area contributed by atoms with Crippen LogP contribution in [0.25, 0.3) is 0 Å². The van der Waals surface area contributed by atoms with E-state index < -0.39 is 0 Å². The molecule has 0 unspecified atom stereocenters. The Bertz CT molecular complexity index is 211. The van der Waals surface area contributed by atoms with E-state index in [1.807, 2.05) is 0 Å². The smallest absolute Gasteiger partial charge is 0.186 e. The zero-order valence-electron chi connectivity index (χ0n) is 3.61. The van der Waals surface area contributed by atoms with Gasteiger partial charge in [0.15, 0.2) is 0 Å². The number of hydrogen-bond acceptors (Lipinski definition) is 5. The monoisotopic (exact) mass is 166 g/mol. The summed E-state index contributed by atoms with van der Waals surface area (Å²) in [6, 6.07) is 0. The first-order chi connectivity index (χ1) is 3.84. The molecular weight excluding hydrogens is 164 g/mol. The first-order valence-corrected chi connectivity index (χ1v) is 3.90. The van der Waals surface area contributed by atoms with Crippen LogP contribution in [0.2, 0.25) is 0 Å². The summed E-state index contributed by atoms with van der Waals surface area (Å²) >= 11 is 8.52. The second-order valence-corrected chi connectivity index (χ2v) is 2.34. The van der Waals surface area contributed by atoms with E-state index in [0.29, 0.717) is 4.77 Å². The Hall–Kier alpha value is -0.0100. The average molecular weight is 166 g/mol. The van der Waals surface area contributed by atoms with Crippen molar-refractivity contribution in [1.82, 2.24) is 19.6 Å². The maximum absolute atomic E-state index is 4.67. The van der Waals surface area contributed by atoms with Crippen LogP contribution >= 0.6 is 34.9 Å².